The molecule has 5 unspecified atom stereocenters. The summed E-state index contributed by atoms with van der Waals surface area (Å²) in [5.41, 5.74) is 0.190. The van der Waals surface area contributed by atoms with Crippen molar-refractivity contribution >= 4 is 5.91 Å². The minimum absolute atomic E-state index is 0.181. The Labute approximate surface area is 98.2 Å². The molecule has 5 atom stereocenters. The summed E-state index contributed by atoms with van der Waals surface area (Å²) in [6.07, 6.45) is 8.11. The third-order valence-corrected chi connectivity index (χ3v) is 5.39. The maximum atomic E-state index is 11.5. The molecule has 0 aliphatic heterocycles. The molecule has 0 aromatic heterocycles. The zero-order chi connectivity index (χ0) is 11.3. The molecule has 2 heteroatoms. The number of hydrogen-bond acceptors (Lipinski definition) is 1. The fourth-order valence-electron chi connectivity index (χ4n) is 5.21. The summed E-state index contributed by atoms with van der Waals surface area (Å²) in [6, 6.07) is 0. The average Bonchev–Trinajstić information content (AvgIpc) is 2.12. The van der Waals surface area contributed by atoms with Crippen LogP contribution in [0.3, 0.4) is 0 Å². The smallest absolute Gasteiger partial charge is 0.217 e. The summed E-state index contributed by atoms with van der Waals surface area (Å²) in [5.74, 6) is 3.53. The van der Waals surface area contributed by atoms with Crippen molar-refractivity contribution in [2.75, 3.05) is 0 Å². The van der Waals surface area contributed by atoms with Crippen molar-refractivity contribution in [2.45, 2.75) is 57.9 Å². The van der Waals surface area contributed by atoms with Gasteiger partial charge in [-0.1, -0.05) is 6.92 Å². The molecule has 3 aliphatic rings. The highest BCUT2D eigenvalue weighted by Crippen LogP contribution is 2.56. The Morgan fingerprint density at radius 2 is 1.94 bits per heavy atom. The second-order valence-corrected chi connectivity index (χ2v) is 6.61. The number of rotatable bonds is 1. The third-order valence-electron chi connectivity index (χ3n) is 5.39. The first-order chi connectivity index (χ1) is 7.59. The van der Waals surface area contributed by atoms with Gasteiger partial charge in [-0.05, 0) is 62.2 Å². The Hall–Kier alpha value is -0.530. The Kier molecular flexibility index (Phi) is 2.31. The Bertz CT molecular complexity index is 308. The van der Waals surface area contributed by atoms with Gasteiger partial charge in [0.2, 0.25) is 5.91 Å². The van der Waals surface area contributed by atoms with E-state index < -0.39 is 0 Å². The minimum atomic E-state index is 0.181. The van der Waals surface area contributed by atoms with E-state index in [4.69, 9.17) is 0 Å². The van der Waals surface area contributed by atoms with Crippen molar-refractivity contribution < 1.29 is 4.79 Å². The molecule has 0 saturated heterocycles. The maximum absolute atomic E-state index is 11.5. The van der Waals surface area contributed by atoms with Crippen molar-refractivity contribution in [3.05, 3.63) is 0 Å². The van der Waals surface area contributed by atoms with Crippen molar-refractivity contribution in [1.82, 2.24) is 5.32 Å². The average molecular weight is 221 g/mol. The van der Waals surface area contributed by atoms with Crippen molar-refractivity contribution in [3.63, 3.8) is 0 Å². The van der Waals surface area contributed by atoms with Crippen LogP contribution in [0.4, 0.5) is 0 Å². The number of carbonyl (C=O) groups is 1. The van der Waals surface area contributed by atoms with Crippen LogP contribution in [0.25, 0.3) is 0 Å². The van der Waals surface area contributed by atoms with Crippen molar-refractivity contribution in [2.24, 2.45) is 23.7 Å². The van der Waals surface area contributed by atoms with E-state index in [1.807, 2.05) is 0 Å². The SMILES string of the molecule is CC(=O)NC12CC3CCC1C(C)CC(C3)C2. The van der Waals surface area contributed by atoms with Crippen LogP contribution in [0.15, 0.2) is 0 Å². The van der Waals surface area contributed by atoms with Crippen LogP contribution in [-0.4, -0.2) is 11.4 Å². The van der Waals surface area contributed by atoms with E-state index in [1.54, 1.807) is 6.92 Å². The second kappa shape index (κ2) is 3.48. The molecule has 3 bridgehead atoms. The summed E-state index contributed by atoms with van der Waals surface area (Å²) in [4.78, 5) is 11.5. The predicted molar refractivity (Wildman–Crippen MR) is 63.9 cm³/mol. The molecule has 16 heavy (non-hydrogen) atoms. The fourth-order valence-corrected chi connectivity index (χ4v) is 5.21. The van der Waals surface area contributed by atoms with Crippen LogP contribution in [0, 0.1) is 23.7 Å². The van der Waals surface area contributed by atoms with Crippen LogP contribution in [-0.2, 0) is 4.79 Å². The van der Waals surface area contributed by atoms with E-state index in [0.29, 0.717) is 0 Å². The summed E-state index contributed by atoms with van der Waals surface area (Å²) in [6.45, 7) is 4.09. The molecule has 3 aliphatic carbocycles. The van der Waals surface area contributed by atoms with E-state index in [2.05, 4.69) is 12.2 Å². The fraction of sp³-hybridized carbons (Fsp3) is 0.929. The number of amides is 1. The van der Waals surface area contributed by atoms with Crippen molar-refractivity contribution in [3.8, 4) is 0 Å². The topological polar surface area (TPSA) is 29.1 Å². The van der Waals surface area contributed by atoms with E-state index >= 15 is 0 Å². The molecule has 1 amide bonds. The van der Waals surface area contributed by atoms with Crippen LogP contribution in [0.5, 0.6) is 0 Å². The van der Waals surface area contributed by atoms with Crippen LogP contribution < -0.4 is 5.32 Å². The third kappa shape index (κ3) is 1.49. The highest BCUT2D eigenvalue weighted by Gasteiger charge is 2.54. The van der Waals surface area contributed by atoms with Gasteiger partial charge < -0.3 is 5.32 Å². The molecule has 0 spiro atoms. The lowest BCUT2D eigenvalue weighted by Gasteiger charge is -2.59. The number of carbonyl (C=O) groups excluding carboxylic acids is 1. The standard InChI is InChI=1S/C14H23NO/c1-9-5-12-6-11-3-4-13(9)14(7-11,8-12)15-10(2)16/h9,11-13H,3-8H2,1-2H3,(H,15,16). The maximum Gasteiger partial charge on any atom is 0.217 e. The first kappa shape index (κ1) is 10.6. The Morgan fingerprint density at radius 3 is 2.69 bits per heavy atom. The first-order valence-corrected chi connectivity index (χ1v) is 6.88. The van der Waals surface area contributed by atoms with Gasteiger partial charge in [0.25, 0.3) is 0 Å². The molecule has 1 N–H and O–H groups in total. The molecule has 3 saturated carbocycles. The Balaban J connectivity index is 1.93. The van der Waals surface area contributed by atoms with Gasteiger partial charge in [-0.25, -0.2) is 0 Å². The zero-order valence-corrected chi connectivity index (χ0v) is 10.5. The quantitative estimate of drug-likeness (QED) is 0.724. The van der Waals surface area contributed by atoms with Gasteiger partial charge in [0, 0.05) is 12.5 Å². The Morgan fingerprint density at radius 1 is 1.19 bits per heavy atom. The highest BCUT2D eigenvalue weighted by atomic mass is 16.1. The molecule has 0 aromatic rings. The highest BCUT2D eigenvalue weighted by molar-refractivity contribution is 5.74. The van der Waals surface area contributed by atoms with E-state index in [9.17, 15) is 4.79 Å². The van der Waals surface area contributed by atoms with E-state index in [-0.39, 0.29) is 11.4 Å². The van der Waals surface area contributed by atoms with Crippen LogP contribution in [0.1, 0.15) is 52.4 Å². The molecule has 0 heterocycles. The van der Waals surface area contributed by atoms with E-state index in [0.717, 1.165) is 23.7 Å². The molecule has 3 fully saturated rings. The summed E-state index contributed by atoms with van der Waals surface area (Å²) in [7, 11) is 0. The number of hydrogen-bond donors (Lipinski definition) is 1. The molecule has 3 rings (SSSR count). The monoisotopic (exact) mass is 221 g/mol. The summed E-state index contributed by atoms with van der Waals surface area (Å²) >= 11 is 0. The van der Waals surface area contributed by atoms with Gasteiger partial charge in [-0.3, -0.25) is 4.79 Å². The van der Waals surface area contributed by atoms with Gasteiger partial charge in [0.05, 0.1) is 0 Å². The zero-order valence-electron chi connectivity index (χ0n) is 10.5. The van der Waals surface area contributed by atoms with Gasteiger partial charge in [-0.2, -0.15) is 0 Å². The largest absolute Gasteiger partial charge is 0.351 e. The second-order valence-electron chi connectivity index (χ2n) is 6.61. The number of nitrogens with one attached hydrogen (secondary N) is 1. The molecular weight excluding hydrogens is 198 g/mol. The van der Waals surface area contributed by atoms with Gasteiger partial charge in [0.15, 0.2) is 0 Å². The van der Waals surface area contributed by atoms with Gasteiger partial charge >= 0.3 is 0 Å². The molecule has 0 radical (unpaired) electrons. The summed E-state index contributed by atoms with van der Waals surface area (Å²) in [5, 5.41) is 3.35. The van der Waals surface area contributed by atoms with Crippen LogP contribution >= 0.6 is 0 Å². The lowest BCUT2D eigenvalue weighted by Crippen LogP contribution is -2.63. The summed E-state index contributed by atoms with van der Waals surface area (Å²) < 4.78 is 0. The molecule has 0 aromatic carbocycles. The van der Waals surface area contributed by atoms with E-state index in [1.165, 1.54) is 38.5 Å². The van der Waals surface area contributed by atoms with Gasteiger partial charge in [0.1, 0.15) is 0 Å². The molecule has 90 valence electrons. The predicted octanol–water partition coefficient (Wildman–Crippen LogP) is 2.73. The lowest BCUT2D eigenvalue weighted by atomic mass is 9.50. The minimum Gasteiger partial charge on any atom is -0.351 e. The molecular formula is C14H23NO. The van der Waals surface area contributed by atoms with Crippen molar-refractivity contribution in [1.29, 1.82) is 0 Å². The first-order valence-electron chi connectivity index (χ1n) is 6.88. The van der Waals surface area contributed by atoms with Crippen LogP contribution in [0.2, 0.25) is 0 Å². The normalized spacial score (nSPS) is 50.1. The van der Waals surface area contributed by atoms with Gasteiger partial charge in [-0.15, -0.1) is 0 Å². The molecule has 2 nitrogen and oxygen atoms in total. The lowest BCUT2D eigenvalue weighted by molar-refractivity contribution is -0.127. The number of fused-ring (bicyclic) bond motifs is 2.